The number of benzene rings is 2. The highest BCUT2D eigenvalue weighted by Gasteiger charge is 2.57. The third-order valence-electron chi connectivity index (χ3n) is 5.89. The Labute approximate surface area is 180 Å². The Morgan fingerprint density at radius 3 is 2.42 bits per heavy atom. The zero-order chi connectivity index (χ0) is 23.0. The predicted octanol–water partition coefficient (Wildman–Crippen LogP) is 5.72. The molecule has 7 heteroatoms. The lowest BCUT2D eigenvalue weighted by atomic mass is 9.74. The van der Waals surface area contributed by atoms with Gasteiger partial charge in [-0.3, -0.25) is 0 Å². The molecule has 0 bridgehead atoms. The van der Waals surface area contributed by atoms with Crippen molar-refractivity contribution in [2.45, 2.75) is 44.4 Å². The van der Waals surface area contributed by atoms with E-state index in [1.54, 1.807) is 26.0 Å². The van der Waals surface area contributed by atoms with Gasteiger partial charge in [0.25, 0.3) is 0 Å². The molecule has 0 aliphatic carbocycles. The summed E-state index contributed by atoms with van der Waals surface area (Å²) < 4.78 is 61.8. The summed E-state index contributed by atoms with van der Waals surface area (Å²) in [6.45, 7) is 4.62. The number of aliphatic hydroxyl groups is 1. The number of methoxy groups -OCH3 is 1. The van der Waals surface area contributed by atoms with Gasteiger partial charge in [0.15, 0.2) is 5.60 Å². The summed E-state index contributed by atoms with van der Waals surface area (Å²) in [6, 6.07) is 10.9. The van der Waals surface area contributed by atoms with Crippen molar-refractivity contribution in [3.8, 4) is 5.75 Å². The number of β-amino-alcohol motifs (C(OH)–C–C–N with tert-alkyl or cyclic N) is 1. The van der Waals surface area contributed by atoms with Gasteiger partial charge in [0, 0.05) is 23.4 Å². The minimum absolute atomic E-state index is 0.255. The molecule has 2 aromatic carbocycles. The quantitative estimate of drug-likeness (QED) is 0.587. The van der Waals surface area contributed by atoms with Gasteiger partial charge < -0.3 is 14.7 Å². The summed E-state index contributed by atoms with van der Waals surface area (Å²) in [5.74, 6) is -0.303. The van der Waals surface area contributed by atoms with E-state index in [1.807, 2.05) is 25.1 Å². The lowest BCUT2D eigenvalue weighted by molar-refractivity contribution is -0.262. The number of ether oxygens (including phenoxy) is 1. The van der Waals surface area contributed by atoms with E-state index in [0.29, 0.717) is 5.69 Å². The Hall–Kier alpha value is -2.54. The fourth-order valence-corrected chi connectivity index (χ4v) is 4.28. The number of para-hydroxylation sites is 1. The van der Waals surface area contributed by atoms with Crippen molar-refractivity contribution in [2.75, 3.05) is 25.1 Å². The zero-order valence-electron chi connectivity index (χ0n) is 18.1. The fraction of sp³-hybridized carbons (Fsp3) is 0.417. The average Bonchev–Trinajstić information content (AvgIpc) is 2.69. The van der Waals surface area contributed by atoms with E-state index < -0.39 is 36.0 Å². The van der Waals surface area contributed by atoms with E-state index in [-0.39, 0.29) is 17.9 Å². The van der Waals surface area contributed by atoms with E-state index in [0.717, 1.165) is 17.2 Å². The molecule has 0 amide bonds. The number of fused-ring (bicyclic) bond motifs is 1. The second kappa shape index (κ2) is 8.19. The number of alkyl halides is 3. The van der Waals surface area contributed by atoms with Gasteiger partial charge in [0.1, 0.15) is 11.6 Å². The molecule has 0 fully saturated rings. The van der Waals surface area contributed by atoms with Gasteiger partial charge in [-0.15, -0.1) is 0 Å². The lowest BCUT2D eigenvalue weighted by Gasteiger charge is -2.42. The van der Waals surface area contributed by atoms with Crippen LogP contribution in [0.25, 0.3) is 5.57 Å². The van der Waals surface area contributed by atoms with Crippen molar-refractivity contribution in [3.05, 3.63) is 65.5 Å². The minimum Gasteiger partial charge on any atom is -0.496 e. The van der Waals surface area contributed by atoms with Crippen LogP contribution in [0, 0.1) is 5.82 Å². The standard InChI is InChI=1S/C24H27F4NO2/c1-16-11-12-29(20-8-6-5-7-18(16)20)15-23(30,24(26,27)28)14-22(2,3)19-13-17(25)9-10-21(19)31-4/h5-11,13,30H,12,14-15H2,1-4H3. The summed E-state index contributed by atoms with van der Waals surface area (Å²) in [6.07, 6.45) is -3.71. The number of hydrogen-bond donors (Lipinski definition) is 1. The Morgan fingerprint density at radius 2 is 1.77 bits per heavy atom. The highest BCUT2D eigenvalue weighted by atomic mass is 19.4. The molecule has 3 nitrogen and oxygen atoms in total. The first-order chi connectivity index (χ1) is 14.4. The van der Waals surface area contributed by atoms with Crippen LogP contribution in [0.1, 0.15) is 38.3 Å². The van der Waals surface area contributed by atoms with Gasteiger partial charge in [-0.05, 0) is 48.6 Å². The van der Waals surface area contributed by atoms with Crippen LogP contribution in [0.3, 0.4) is 0 Å². The van der Waals surface area contributed by atoms with Crippen molar-refractivity contribution >= 4 is 11.3 Å². The first-order valence-corrected chi connectivity index (χ1v) is 10.0. The normalized spacial score (nSPS) is 16.4. The molecule has 0 saturated carbocycles. The average molecular weight is 437 g/mol. The highest BCUT2D eigenvalue weighted by molar-refractivity contribution is 5.79. The van der Waals surface area contributed by atoms with Gasteiger partial charge >= 0.3 is 6.18 Å². The van der Waals surface area contributed by atoms with Crippen LogP contribution in [0.4, 0.5) is 23.2 Å². The van der Waals surface area contributed by atoms with Crippen molar-refractivity contribution in [2.24, 2.45) is 0 Å². The summed E-state index contributed by atoms with van der Waals surface area (Å²) >= 11 is 0. The van der Waals surface area contributed by atoms with Crippen LogP contribution < -0.4 is 9.64 Å². The zero-order valence-corrected chi connectivity index (χ0v) is 18.1. The number of allylic oxidation sites excluding steroid dienone is 1. The van der Waals surface area contributed by atoms with Crippen molar-refractivity contribution in [1.82, 2.24) is 0 Å². The molecule has 1 heterocycles. The molecule has 168 valence electrons. The van der Waals surface area contributed by atoms with Gasteiger partial charge in [-0.25, -0.2) is 4.39 Å². The number of halogens is 4. The van der Waals surface area contributed by atoms with Crippen molar-refractivity contribution < 1.29 is 27.4 Å². The molecule has 0 radical (unpaired) electrons. The Kier molecular flexibility index (Phi) is 6.11. The molecular formula is C24H27F4NO2. The summed E-state index contributed by atoms with van der Waals surface area (Å²) in [5, 5.41) is 11.0. The molecule has 1 aliphatic heterocycles. The van der Waals surface area contributed by atoms with E-state index in [1.165, 1.54) is 24.1 Å². The van der Waals surface area contributed by atoms with Gasteiger partial charge in [0.05, 0.1) is 13.7 Å². The van der Waals surface area contributed by atoms with Crippen LogP contribution in [-0.4, -0.2) is 37.1 Å². The maximum absolute atomic E-state index is 14.2. The van der Waals surface area contributed by atoms with Crippen LogP contribution in [0.2, 0.25) is 0 Å². The maximum Gasteiger partial charge on any atom is 0.418 e. The third kappa shape index (κ3) is 4.56. The molecule has 0 aromatic heterocycles. The Morgan fingerprint density at radius 1 is 1.10 bits per heavy atom. The second-order valence-electron chi connectivity index (χ2n) is 8.72. The second-order valence-corrected chi connectivity index (χ2v) is 8.72. The molecule has 31 heavy (non-hydrogen) atoms. The molecule has 1 unspecified atom stereocenters. The smallest absolute Gasteiger partial charge is 0.418 e. The molecule has 3 rings (SSSR count). The van der Waals surface area contributed by atoms with E-state index in [4.69, 9.17) is 4.74 Å². The Balaban J connectivity index is 1.98. The van der Waals surface area contributed by atoms with Gasteiger partial charge in [0.2, 0.25) is 0 Å². The van der Waals surface area contributed by atoms with Crippen LogP contribution in [-0.2, 0) is 5.41 Å². The molecule has 0 spiro atoms. The first kappa shape index (κ1) is 23.1. The summed E-state index contributed by atoms with van der Waals surface area (Å²) in [4.78, 5) is 1.54. The number of hydrogen-bond acceptors (Lipinski definition) is 3. The maximum atomic E-state index is 14.2. The van der Waals surface area contributed by atoms with Crippen LogP contribution in [0.5, 0.6) is 5.75 Å². The highest BCUT2D eigenvalue weighted by Crippen LogP contribution is 2.45. The molecular weight excluding hydrogens is 410 g/mol. The molecule has 2 aromatic rings. The minimum atomic E-state index is -4.89. The molecule has 0 saturated heterocycles. The van der Waals surface area contributed by atoms with E-state index in [2.05, 4.69) is 0 Å². The van der Waals surface area contributed by atoms with Crippen LogP contribution >= 0.6 is 0 Å². The predicted molar refractivity (Wildman–Crippen MR) is 114 cm³/mol. The first-order valence-electron chi connectivity index (χ1n) is 10.0. The van der Waals surface area contributed by atoms with Crippen molar-refractivity contribution in [3.63, 3.8) is 0 Å². The fourth-order valence-electron chi connectivity index (χ4n) is 4.28. The molecule has 1 N–H and O–H groups in total. The SMILES string of the molecule is COc1ccc(F)cc1C(C)(C)CC(O)(CN1CC=C(C)c2ccccc21)C(F)(F)F. The number of rotatable bonds is 6. The topological polar surface area (TPSA) is 32.7 Å². The molecule has 1 aliphatic rings. The number of anilines is 1. The van der Waals surface area contributed by atoms with Gasteiger partial charge in [-0.1, -0.05) is 38.1 Å². The van der Waals surface area contributed by atoms with Gasteiger partial charge in [-0.2, -0.15) is 13.2 Å². The van der Waals surface area contributed by atoms with Crippen molar-refractivity contribution in [1.29, 1.82) is 0 Å². The Bertz CT molecular complexity index is 984. The van der Waals surface area contributed by atoms with E-state index >= 15 is 0 Å². The third-order valence-corrected chi connectivity index (χ3v) is 5.89. The summed E-state index contributed by atoms with van der Waals surface area (Å²) in [7, 11) is 1.38. The largest absolute Gasteiger partial charge is 0.496 e. The number of nitrogens with zero attached hydrogens (tertiary/aromatic N) is 1. The van der Waals surface area contributed by atoms with Crippen LogP contribution in [0.15, 0.2) is 48.5 Å². The monoisotopic (exact) mass is 437 g/mol. The summed E-state index contributed by atoms with van der Waals surface area (Å²) in [5.41, 5.74) is -1.52. The van der Waals surface area contributed by atoms with E-state index in [9.17, 15) is 22.7 Å². The molecule has 1 atom stereocenters. The lowest BCUT2D eigenvalue weighted by Crippen LogP contribution is -2.56.